The molecule has 2 aliphatic heterocycles. The fraction of sp³-hybridized carbons (Fsp3) is 0.529. The number of nitrogens with two attached hydrogens (primary N) is 1. The lowest BCUT2D eigenvalue weighted by molar-refractivity contribution is -0.121. The van der Waals surface area contributed by atoms with E-state index in [0.29, 0.717) is 25.2 Å². The van der Waals surface area contributed by atoms with Crippen molar-refractivity contribution in [3.05, 3.63) is 24.0 Å². The second-order valence-corrected chi connectivity index (χ2v) is 6.50. The van der Waals surface area contributed by atoms with Crippen LogP contribution < -0.4 is 16.0 Å². The number of likely N-dealkylation sites (tertiary alicyclic amines) is 1. The third-order valence-electron chi connectivity index (χ3n) is 4.73. The van der Waals surface area contributed by atoms with Gasteiger partial charge < -0.3 is 20.9 Å². The zero-order chi connectivity index (χ0) is 17.1. The highest BCUT2D eigenvalue weighted by Crippen LogP contribution is 2.26. The zero-order valence-corrected chi connectivity index (χ0v) is 13.6. The van der Waals surface area contributed by atoms with Gasteiger partial charge in [0.25, 0.3) is 0 Å². The molecular formula is C17H23FN4O2. The van der Waals surface area contributed by atoms with Crippen molar-refractivity contribution in [1.82, 2.24) is 4.90 Å². The van der Waals surface area contributed by atoms with Gasteiger partial charge in [0.15, 0.2) is 0 Å². The molecule has 7 heteroatoms. The number of piperidine rings is 1. The average molecular weight is 334 g/mol. The largest absolute Gasteiger partial charge is 0.371 e. The minimum absolute atomic E-state index is 0.195. The molecule has 0 saturated carbocycles. The maximum Gasteiger partial charge on any atom is 0.314 e. The standard InChI is InChI=1S/C17H23FN4O2/c18-13-8-14(10-15(9-13)21-5-1-2-6-21)20-16(23)12-4-3-7-22(11-12)17(19)24/h8-10,12H,1-7,11H2,(H2,19,24)(H,20,23)/t12-/m1/s1. The van der Waals surface area contributed by atoms with Gasteiger partial charge in [0.1, 0.15) is 5.82 Å². The number of rotatable bonds is 3. The maximum absolute atomic E-state index is 13.9. The molecule has 2 saturated heterocycles. The van der Waals surface area contributed by atoms with Crippen molar-refractivity contribution >= 4 is 23.3 Å². The third-order valence-corrected chi connectivity index (χ3v) is 4.73. The summed E-state index contributed by atoms with van der Waals surface area (Å²) in [4.78, 5) is 27.3. The lowest BCUT2D eigenvalue weighted by Crippen LogP contribution is -2.46. The van der Waals surface area contributed by atoms with Gasteiger partial charge in [-0.1, -0.05) is 0 Å². The van der Waals surface area contributed by atoms with Crippen LogP contribution in [0.25, 0.3) is 0 Å². The molecule has 1 atom stereocenters. The van der Waals surface area contributed by atoms with E-state index >= 15 is 0 Å². The number of carbonyl (C=O) groups is 2. The molecule has 2 aliphatic rings. The lowest BCUT2D eigenvalue weighted by Gasteiger charge is -2.30. The van der Waals surface area contributed by atoms with E-state index < -0.39 is 6.03 Å². The van der Waals surface area contributed by atoms with Gasteiger partial charge >= 0.3 is 6.03 Å². The molecule has 0 unspecified atom stereocenters. The number of hydrogen-bond acceptors (Lipinski definition) is 3. The van der Waals surface area contributed by atoms with Gasteiger partial charge in [-0.2, -0.15) is 0 Å². The molecule has 6 nitrogen and oxygen atoms in total. The van der Waals surface area contributed by atoms with Gasteiger partial charge in [-0.25, -0.2) is 9.18 Å². The van der Waals surface area contributed by atoms with E-state index in [2.05, 4.69) is 10.2 Å². The van der Waals surface area contributed by atoms with Gasteiger partial charge in [-0.3, -0.25) is 4.79 Å². The average Bonchev–Trinajstić information content (AvgIpc) is 3.09. The number of nitrogens with one attached hydrogen (secondary N) is 1. The Hall–Kier alpha value is -2.31. The SMILES string of the molecule is NC(=O)N1CCC[C@@H](C(=O)Nc2cc(F)cc(N3CCCC3)c2)C1. The molecule has 3 rings (SSSR count). The van der Waals surface area contributed by atoms with Gasteiger partial charge in [-0.05, 0) is 43.9 Å². The minimum Gasteiger partial charge on any atom is -0.371 e. The molecule has 3 amide bonds. The number of hydrogen-bond donors (Lipinski definition) is 2. The third kappa shape index (κ3) is 3.77. The van der Waals surface area contributed by atoms with Crippen LogP contribution >= 0.6 is 0 Å². The molecule has 130 valence electrons. The summed E-state index contributed by atoms with van der Waals surface area (Å²) in [6.45, 7) is 2.72. The molecule has 3 N–H and O–H groups in total. The second kappa shape index (κ2) is 7.07. The Morgan fingerprint density at radius 3 is 2.58 bits per heavy atom. The number of carbonyl (C=O) groups excluding carboxylic acids is 2. The Bertz CT molecular complexity index is 631. The predicted molar refractivity (Wildman–Crippen MR) is 90.4 cm³/mol. The molecule has 0 radical (unpaired) electrons. The van der Waals surface area contributed by atoms with Crippen molar-refractivity contribution in [3.63, 3.8) is 0 Å². The van der Waals surface area contributed by atoms with E-state index in [4.69, 9.17) is 5.73 Å². The molecule has 2 heterocycles. The van der Waals surface area contributed by atoms with E-state index in [0.717, 1.165) is 38.0 Å². The lowest BCUT2D eigenvalue weighted by atomic mass is 9.97. The first kappa shape index (κ1) is 16.5. The molecule has 0 spiro atoms. The first-order valence-corrected chi connectivity index (χ1v) is 8.44. The number of benzene rings is 1. The van der Waals surface area contributed by atoms with E-state index in [-0.39, 0.29) is 17.6 Å². The maximum atomic E-state index is 13.9. The summed E-state index contributed by atoms with van der Waals surface area (Å²) in [5.74, 6) is -0.874. The van der Waals surface area contributed by atoms with Crippen molar-refractivity contribution in [2.24, 2.45) is 11.7 Å². The highest BCUT2D eigenvalue weighted by atomic mass is 19.1. The number of primary amides is 1. The monoisotopic (exact) mass is 334 g/mol. The van der Waals surface area contributed by atoms with Gasteiger partial charge in [0, 0.05) is 37.6 Å². The van der Waals surface area contributed by atoms with Crippen molar-refractivity contribution in [2.75, 3.05) is 36.4 Å². The highest BCUT2D eigenvalue weighted by molar-refractivity contribution is 5.93. The van der Waals surface area contributed by atoms with Crippen LogP contribution in [0.5, 0.6) is 0 Å². The summed E-state index contributed by atoms with van der Waals surface area (Å²) in [5, 5.41) is 2.79. The number of anilines is 2. The Morgan fingerprint density at radius 2 is 1.88 bits per heavy atom. The van der Waals surface area contributed by atoms with Crippen molar-refractivity contribution in [2.45, 2.75) is 25.7 Å². The summed E-state index contributed by atoms with van der Waals surface area (Å²) >= 11 is 0. The van der Waals surface area contributed by atoms with E-state index in [9.17, 15) is 14.0 Å². The molecule has 0 aromatic heterocycles. The number of nitrogens with zero attached hydrogens (tertiary/aromatic N) is 2. The van der Waals surface area contributed by atoms with Gasteiger partial charge in [-0.15, -0.1) is 0 Å². The molecule has 0 aliphatic carbocycles. The summed E-state index contributed by atoms with van der Waals surface area (Å²) in [7, 11) is 0. The topological polar surface area (TPSA) is 78.7 Å². The van der Waals surface area contributed by atoms with Crippen LogP contribution in [0.2, 0.25) is 0 Å². The summed E-state index contributed by atoms with van der Waals surface area (Å²) in [5.41, 5.74) is 6.54. The zero-order valence-electron chi connectivity index (χ0n) is 13.6. The fourth-order valence-corrected chi connectivity index (χ4v) is 3.44. The summed E-state index contributed by atoms with van der Waals surface area (Å²) in [6, 6.07) is 4.12. The van der Waals surface area contributed by atoms with Crippen molar-refractivity contribution < 1.29 is 14.0 Å². The smallest absolute Gasteiger partial charge is 0.314 e. The summed E-state index contributed by atoms with van der Waals surface area (Å²) < 4.78 is 13.9. The fourth-order valence-electron chi connectivity index (χ4n) is 3.44. The quantitative estimate of drug-likeness (QED) is 0.889. The summed E-state index contributed by atoms with van der Waals surface area (Å²) in [6.07, 6.45) is 3.64. The van der Waals surface area contributed by atoms with Crippen molar-refractivity contribution in [3.8, 4) is 0 Å². The molecular weight excluding hydrogens is 311 g/mol. The van der Waals surface area contributed by atoms with Crippen LogP contribution in [0.4, 0.5) is 20.6 Å². The second-order valence-electron chi connectivity index (χ2n) is 6.50. The Morgan fingerprint density at radius 1 is 1.12 bits per heavy atom. The molecule has 24 heavy (non-hydrogen) atoms. The van der Waals surface area contributed by atoms with Crippen LogP contribution in [0.1, 0.15) is 25.7 Å². The predicted octanol–water partition coefficient (Wildman–Crippen LogP) is 2.16. The van der Waals surface area contributed by atoms with Crippen LogP contribution in [-0.4, -0.2) is 43.0 Å². The number of urea groups is 1. The van der Waals surface area contributed by atoms with Crippen LogP contribution in [0.15, 0.2) is 18.2 Å². The minimum atomic E-state index is -0.505. The van der Waals surface area contributed by atoms with Crippen LogP contribution in [0, 0.1) is 11.7 Å². The molecule has 1 aromatic carbocycles. The first-order chi connectivity index (χ1) is 11.5. The molecule has 0 bridgehead atoms. The number of amides is 3. The number of halogens is 1. The molecule has 1 aromatic rings. The first-order valence-electron chi connectivity index (χ1n) is 8.44. The normalized spacial score (nSPS) is 21.0. The van der Waals surface area contributed by atoms with E-state index in [1.54, 1.807) is 6.07 Å². The van der Waals surface area contributed by atoms with Crippen LogP contribution in [0.3, 0.4) is 0 Å². The highest BCUT2D eigenvalue weighted by Gasteiger charge is 2.27. The van der Waals surface area contributed by atoms with Crippen molar-refractivity contribution in [1.29, 1.82) is 0 Å². The van der Waals surface area contributed by atoms with Gasteiger partial charge in [0.2, 0.25) is 5.91 Å². The Balaban J connectivity index is 1.68. The van der Waals surface area contributed by atoms with Crippen LogP contribution in [-0.2, 0) is 4.79 Å². The van der Waals surface area contributed by atoms with E-state index in [1.807, 2.05) is 0 Å². The van der Waals surface area contributed by atoms with E-state index in [1.165, 1.54) is 17.0 Å². The van der Waals surface area contributed by atoms with Gasteiger partial charge in [0.05, 0.1) is 5.92 Å². The Kier molecular flexibility index (Phi) is 4.87. The molecule has 2 fully saturated rings. The Labute approximate surface area is 140 Å².